The topological polar surface area (TPSA) is 65.7 Å². The van der Waals surface area contributed by atoms with Crippen LogP contribution in [0, 0.1) is 0 Å². The van der Waals surface area contributed by atoms with E-state index in [4.69, 9.17) is 20.1 Å². The van der Waals surface area contributed by atoms with Gasteiger partial charge < -0.3 is 14.2 Å². The standard InChI is InChI=1S/C16H26N2O3/c1-4-21-16(10-5-6-11-16)15(18-17)14-12(19-2)8-7-9-13(14)20-3/h7-9,15,18H,4-6,10-11,17H2,1-3H3. The van der Waals surface area contributed by atoms with Gasteiger partial charge in [0.05, 0.1) is 31.4 Å². The zero-order valence-corrected chi connectivity index (χ0v) is 13.1. The van der Waals surface area contributed by atoms with E-state index in [1.54, 1.807) is 14.2 Å². The average Bonchev–Trinajstić information content (AvgIpc) is 2.98. The van der Waals surface area contributed by atoms with Gasteiger partial charge in [-0.25, -0.2) is 5.43 Å². The Morgan fingerprint density at radius 1 is 1.19 bits per heavy atom. The lowest BCUT2D eigenvalue weighted by Crippen LogP contribution is -2.47. The van der Waals surface area contributed by atoms with Gasteiger partial charge >= 0.3 is 0 Å². The molecule has 1 aliphatic carbocycles. The van der Waals surface area contributed by atoms with Gasteiger partial charge in [-0.2, -0.15) is 0 Å². The number of nitrogens with two attached hydrogens (primary N) is 1. The molecule has 1 aromatic carbocycles. The quantitative estimate of drug-likeness (QED) is 0.597. The van der Waals surface area contributed by atoms with Crippen LogP contribution in [0.25, 0.3) is 0 Å². The lowest BCUT2D eigenvalue weighted by molar-refractivity contribution is -0.0635. The van der Waals surface area contributed by atoms with Gasteiger partial charge in [-0.3, -0.25) is 5.84 Å². The van der Waals surface area contributed by atoms with Crippen LogP contribution in [0.15, 0.2) is 18.2 Å². The summed E-state index contributed by atoms with van der Waals surface area (Å²) in [4.78, 5) is 0. The van der Waals surface area contributed by atoms with Crippen molar-refractivity contribution in [2.45, 2.75) is 44.2 Å². The summed E-state index contributed by atoms with van der Waals surface area (Å²) in [5.41, 5.74) is 3.58. The first-order chi connectivity index (χ1) is 10.2. The Morgan fingerprint density at radius 2 is 1.76 bits per heavy atom. The molecule has 0 saturated heterocycles. The number of hydrogen-bond acceptors (Lipinski definition) is 5. The number of ether oxygens (including phenoxy) is 3. The third kappa shape index (κ3) is 3.00. The smallest absolute Gasteiger partial charge is 0.127 e. The predicted molar refractivity (Wildman–Crippen MR) is 82.4 cm³/mol. The number of nitrogens with one attached hydrogen (secondary N) is 1. The van der Waals surface area contributed by atoms with E-state index in [2.05, 4.69) is 5.43 Å². The largest absolute Gasteiger partial charge is 0.496 e. The van der Waals surface area contributed by atoms with Crippen molar-refractivity contribution in [1.29, 1.82) is 0 Å². The maximum absolute atomic E-state index is 6.14. The van der Waals surface area contributed by atoms with E-state index in [9.17, 15) is 0 Å². The second-order valence-corrected chi connectivity index (χ2v) is 5.38. The van der Waals surface area contributed by atoms with Crippen LogP contribution < -0.4 is 20.7 Å². The van der Waals surface area contributed by atoms with Gasteiger partial charge in [0.1, 0.15) is 11.5 Å². The van der Waals surface area contributed by atoms with Crippen LogP contribution in [0.2, 0.25) is 0 Å². The van der Waals surface area contributed by atoms with Gasteiger partial charge in [0.2, 0.25) is 0 Å². The molecular formula is C16H26N2O3. The summed E-state index contributed by atoms with van der Waals surface area (Å²) in [6, 6.07) is 5.61. The molecule has 0 aromatic heterocycles. The third-order valence-corrected chi connectivity index (χ3v) is 4.33. The fourth-order valence-electron chi connectivity index (χ4n) is 3.44. The van der Waals surface area contributed by atoms with Crippen molar-refractivity contribution in [2.24, 2.45) is 5.84 Å². The molecule has 118 valence electrons. The van der Waals surface area contributed by atoms with Gasteiger partial charge in [-0.15, -0.1) is 0 Å². The SMILES string of the molecule is CCOC1(C(NN)c2c(OC)cccc2OC)CCCC1. The lowest BCUT2D eigenvalue weighted by atomic mass is 9.86. The Bertz CT molecular complexity index is 437. The van der Waals surface area contributed by atoms with E-state index >= 15 is 0 Å². The summed E-state index contributed by atoms with van der Waals surface area (Å²) in [6.45, 7) is 2.68. The minimum absolute atomic E-state index is 0.161. The van der Waals surface area contributed by atoms with E-state index < -0.39 is 0 Å². The minimum atomic E-state index is -0.300. The van der Waals surface area contributed by atoms with Crippen LogP contribution >= 0.6 is 0 Å². The zero-order chi connectivity index (χ0) is 15.3. The van der Waals surface area contributed by atoms with Gasteiger partial charge in [0, 0.05) is 6.61 Å². The van der Waals surface area contributed by atoms with Crippen molar-refractivity contribution >= 4 is 0 Å². The van der Waals surface area contributed by atoms with Crippen LogP contribution in [-0.2, 0) is 4.74 Å². The van der Waals surface area contributed by atoms with Crippen LogP contribution in [-0.4, -0.2) is 26.4 Å². The Balaban J connectivity index is 2.49. The molecule has 1 saturated carbocycles. The summed E-state index contributed by atoms with van der Waals surface area (Å²) in [7, 11) is 3.32. The second-order valence-electron chi connectivity index (χ2n) is 5.38. The maximum atomic E-state index is 6.14. The Kier molecular flexibility index (Phi) is 5.45. The molecule has 0 spiro atoms. The molecular weight excluding hydrogens is 268 g/mol. The van der Waals surface area contributed by atoms with Crippen molar-refractivity contribution in [3.63, 3.8) is 0 Å². The van der Waals surface area contributed by atoms with E-state index in [-0.39, 0.29) is 11.6 Å². The van der Waals surface area contributed by atoms with Crippen LogP contribution in [0.5, 0.6) is 11.5 Å². The minimum Gasteiger partial charge on any atom is -0.496 e. The van der Waals surface area contributed by atoms with E-state index in [0.29, 0.717) is 6.61 Å². The van der Waals surface area contributed by atoms with Gasteiger partial charge in [0.15, 0.2) is 0 Å². The second kappa shape index (κ2) is 7.11. The van der Waals surface area contributed by atoms with E-state index in [0.717, 1.165) is 42.7 Å². The highest BCUT2D eigenvalue weighted by molar-refractivity contribution is 5.48. The van der Waals surface area contributed by atoms with Crippen molar-refractivity contribution in [2.75, 3.05) is 20.8 Å². The summed E-state index contributed by atoms with van der Waals surface area (Å²) in [6.07, 6.45) is 4.26. The van der Waals surface area contributed by atoms with Crippen molar-refractivity contribution < 1.29 is 14.2 Å². The van der Waals surface area contributed by atoms with Gasteiger partial charge in [0.25, 0.3) is 0 Å². The molecule has 1 aliphatic rings. The fourth-order valence-corrected chi connectivity index (χ4v) is 3.44. The summed E-state index contributed by atoms with van der Waals surface area (Å²) in [5.74, 6) is 7.44. The maximum Gasteiger partial charge on any atom is 0.127 e. The highest BCUT2D eigenvalue weighted by atomic mass is 16.5. The molecule has 5 heteroatoms. The number of hydrogen-bond donors (Lipinski definition) is 2. The summed E-state index contributed by atoms with van der Waals surface area (Å²) < 4.78 is 17.2. The molecule has 1 unspecified atom stereocenters. The van der Waals surface area contributed by atoms with E-state index in [1.165, 1.54) is 0 Å². The average molecular weight is 294 g/mol. The van der Waals surface area contributed by atoms with Gasteiger partial charge in [-0.05, 0) is 31.9 Å². The number of hydrazine groups is 1. The van der Waals surface area contributed by atoms with Crippen LogP contribution in [0.1, 0.15) is 44.2 Å². The molecule has 1 fully saturated rings. The van der Waals surface area contributed by atoms with Gasteiger partial charge in [-0.1, -0.05) is 18.9 Å². The normalized spacial score (nSPS) is 18.5. The first kappa shape index (κ1) is 16.1. The van der Waals surface area contributed by atoms with Crippen LogP contribution in [0.3, 0.4) is 0 Å². The predicted octanol–water partition coefficient (Wildman–Crippen LogP) is 2.56. The number of benzene rings is 1. The summed E-state index contributed by atoms with van der Waals surface area (Å²) >= 11 is 0. The van der Waals surface area contributed by atoms with E-state index in [1.807, 2.05) is 25.1 Å². The lowest BCUT2D eigenvalue weighted by Gasteiger charge is -2.38. The molecule has 3 N–H and O–H groups in total. The molecule has 1 aromatic rings. The Morgan fingerprint density at radius 3 is 2.19 bits per heavy atom. The fraction of sp³-hybridized carbons (Fsp3) is 0.625. The van der Waals surface area contributed by atoms with Crippen molar-refractivity contribution in [3.8, 4) is 11.5 Å². The number of methoxy groups -OCH3 is 2. The molecule has 0 bridgehead atoms. The first-order valence-corrected chi connectivity index (χ1v) is 7.53. The molecule has 5 nitrogen and oxygen atoms in total. The summed E-state index contributed by atoms with van der Waals surface area (Å²) in [5, 5.41) is 0. The third-order valence-electron chi connectivity index (χ3n) is 4.33. The molecule has 0 amide bonds. The molecule has 21 heavy (non-hydrogen) atoms. The van der Waals surface area contributed by atoms with Crippen molar-refractivity contribution in [3.05, 3.63) is 23.8 Å². The monoisotopic (exact) mass is 294 g/mol. The Hall–Kier alpha value is -1.30. The molecule has 0 heterocycles. The Labute approximate surface area is 126 Å². The highest BCUT2D eigenvalue weighted by Crippen LogP contribution is 2.47. The number of rotatable bonds is 7. The molecule has 0 radical (unpaired) electrons. The first-order valence-electron chi connectivity index (χ1n) is 7.53. The molecule has 2 rings (SSSR count). The molecule has 1 atom stereocenters. The molecule has 0 aliphatic heterocycles. The van der Waals surface area contributed by atoms with Crippen LogP contribution in [0.4, 0.5) is 0 Å². The highest BCUT2D eigenvalue weighted by Gasteiger charge is 2.44. The zero-order valence-electron chi connectivity index (χ0n) is 13.1. The van der Waals surface area contributed by atoms with Crippen molar-refractivity contribution in [1.82, 2.24) is 5.43 Å².